The van der Waals surface area contributed by atoms with Crippen molar-refractivity contribution in [1.29, 1.82) is 0 Å². The molecule has 25 heavy (non-hydrogen) atoms. The molecular weight excluding hydrogens is 402 g/mol. The normalized spacial score (nSPS) is 18.8. The van der Waals surface area contributed by atoms with Crippen LogP contribution >= 0.6 is 28.3 Å². The average molecular weight is 427 g/mol. The van der Waals surface area contributed by atoms with E-state index in [1.807, 2.05) is 49.4 Å². The van der Waals surface area contributed by atoms with Crippen LogP contribution in [0.15, 0.2) is 59.1 Å². The van der Waals surface area contributed by atoms with Gasteiger partial charge in [0.1, 0.15) is 0 Å². The molecule has 0 spiro atoms. The maximum absolute atomic E-state index is 11.4. The van der Waals surface area contributed by atoms with Crippen LogP contribution in [0.1, 0.15) is 24.0 Å². The Balaban J connectivity index is 0.00000225. The van der Waals surface area contributed by atoms with Gasteiger partial charge in [-0.15, -0.1) is 12.4 Å². The fourth-order valence-corrected chi connectivity index (χ4v) is 3.59. The average Bonchev–Trinajstić information content (AvgIpc) is 2.61. The van der Waals surface area contributed by atoms with Crippen LogP contribution in [-0.2, 0) is 10.3 Å². The monoisotopic (exact) mass is 425 g/mol. The van der Waals surface area contributed by atoms with Crippen LogP contribution in [0.3, 0.4) is 0 Å². The number of halogens is 2. The minimum absolute atomic E-state index is 0. The van der Waals surface area contributed by atoms with E-state index in [4.69, 9.17) is 4.74 Å². The lowest BCUT2D eigenvalue weighted by atomic mass is 9.78. The van der Waals surface area contributed by atoms with Crippen LogP contribution in [0.4, 0.5) is 0 Å². The Morgan fingerprint density at radius 3 is 2.28 bits per heavy atom. The standard InChI is InChI=1S/C20H24BrNO2.ClH/c1-20(23,17-7-9-18(21)10-8-17)19(16-5-3-2-4-6-16)15-22-11-13-24-14-12-22;/h2-10,19,23H,11-15H2,1H3;1H. The molecule has 1 fully saturated rings. The van der Waals surface area contributed by atoms with Crippen molar-refractivity contribution in [3.05, 3.63) is 70.2 Å². The molecule has 0 aliphatic carbocycles. The van der Waals surface area contributed by atoms with Gasteiger partial charge in [0, 0.05) is 30.0 Å². The molecule has 0 radical (unpaired) electrons. The molecule has 1 aliphatic rings. The highest BCUT2D eigenvalue weighted by atomic mass is 79.9. The highest BCUT2D eigenvalue weighted by Crippen LogP contribution is 2.38. The minimum Gasteiger partial charge on any atom is -0.385 e. The van der Waals surface area contributed by atoms with Gasteiger partial charge in [-0.05, 0) is 30.2 Å². The molecule has 2 aromatic rings. The third-order valence-electron chi connectivity index (χ3n) is 4.85. The maximum Gasteiger partial charge on any atom is 0.0949 e. The van der Waals surface area contributed by atoms with Gasteiger partial charge >= 0.3 is 0 Å². The number of rotatable bonds is 5. The molecule has 136 valence electrons. The van der Waals surface area contributed by atoms with E-state index in [0.717, 1.165) is 48.4 Å². The molecule has 0 bridgehead atoms. The molecule has 2 atom stereocenters. The molecule has 3 rings (SSSR count). The second-order valence-electron chi connectivity index (χ2n) is 6.53. The van der Waals surface area contributed by atoms with E-state index in [0.29, 0.717) is 0 Å². The van der Waals surface area contributed by atoms with Gasteiger partial charge in [-0.1, -0.05) is 58.4 Å². The van der Waals surface area contributed by atoms with E-state index in [2.05, 4.69) is 33.0 Å². The summed E-state index contributed by atoms with van der Waals surface area (Å²) in [4.78, 5) is 2.38. The van der Waals surface area contributed by atoms with E-state index in [9.17, 15) is 5.11 Å². The summed E-state index contributed by atoms with van der Waals surface area (Å²) in [6.07, 6.45) is 0. The summed E-state index contributed by atoms with van der Waals surface area (Å²) in [5.74, 6) is -0.00187. The second kappa shape index (κ2) is 9.15. The number of hydrogen-bond donors (Lipinski definition) is 1. The molecule has 3 nitrogen and oxygen atoms in total. The fraction of sp³-hybridized carbons (Fsp3) is 0.400. The number of aliphatic hydroxyl groups is 1. The summed E-state index contributed by atoms with van der Waals surface area (Å²) >= 11 is 3.47. The molecule has 1 aliphatic heterocycles. The van der Waals surface area contributed by atoms with Gasteiger partial charge in [0.25, 0.3) is 0 Å². The van der Waals surface area contributed by atoms with Crippen LogP contribution in [0, 0.1) is 0 Å². The van der Waals surface area contributed by atoms with Crippen molar-refractivity contribution in [2.75, 3.05) is 32.8 Å². The minimum atomic E-state index is -0.944. The Hall–Kier alpha value is -0.910. The van der Waals surface area contributed by atoms with Crippen LogP contribution in [-0.4, -0.2) is 42.9 Å². The molecule has 0 amide bonds. The van der Waals surface area contributed by atoms with Crippen molar-refractivity contribution in [1.82, 2.24) is 4.90 Å². The van der Waals surface area contributed by atoms with Gasteiger partial charge in [-0.25, -0.2) is 0 Å². The number of benzene rings is 2. The predicted octanol–water partition coefficient (Wildman–Crippen LogP) is 4.19. The number of morpholine rings is 1. The number of hydrogen-bond acceptors (Lipinski definition) is 3. The molecule has 2 unspecified atom stereocenters. The zero-order valence-corrected chi connectivity index (χ0v) is 16.8. The quantitative estimate of drug-likeness (QED) is 0.778. The van der Waals surface area contributed by atoms with E-state index >= 15 is 0 Å². The smallest absolute Gasteiger partial charge is 0.0949 e. The first-order chi connectivity index (χ1) is 11.6. The third-order valence-corrected chi connectivity index (χ3v) is 5.38. The number of ether oxygens (including phenoxy) is 1. The Bertz CT molecular complexity index is 643. The molecule has 1 heterocycles. The summed E-state index contributed by atoms with van der Waals surface area (Å²) in [6, 6.07) is 18.3. The van der Waals surface area contributed by atoms with Crippen LogP contribution in [0.5, 0.6) is 0 Å². The van der Waals surface area contributed by atoms with Gasteiger partial charge < -0.3 is 9.84 Å². The molecule has 0 aromatic heterocycles. The first kappa shape index (κ1) is 20.4. The van der Waals surface area contributed by atoms with Crippen molar-refractivity contribution >= 4 is 28.3 Å². The predicted molar refractivity (Wildman–Crippen MR) is 107 cm³/mol. The topological polar surface area (TPSA) is 32.7 Å². The van der Waals surface area contributed by atoms with Gasteiger partial charge in [0.2, 0.25) is 0 Å². The van der Waals surface area contributed by atoms with E-state index in [1.165, 1.54) is 0 Å². The van der Waals surface area contributed by atoms with Crippen molar-refractivity contribution in [2.24, 2.45) is 0 Å². The first-order valence-electron chi connectivity index (χ1n) is 8.41. The summed E-state index contributed by atoms with van der Waals surface area (Å²) in [5.41, 5.74) is 1.16. The summed E-state index contributed by atoms with van der Waals surface area (Å²) < 4.78 is 6.48. The Morgan fingerprint density at radius 1 is 1.08 bits per heavy atom. The van der Waals surface area contributed by atoms with E-state index < -0.39 is 5.60 Å². The largest absolute Gasteiger partial charge is 0.385 e. The second-order valence-corrected chi connectivity index (χ2v) is 7.45. The lowest BCUT2D eigenvalue weighted by molar-refractivity contribution is -0.0107. The highest BCUT2D eigenvalue weighted by Gasteiger charge is 2.36. The lowest BCUT2D eigenvalue weighted by Crippen LogP contribution is -2.43. The first-order valence-corrected chi connectivity index (χ1v) is 9.20. The zero-order valence-electron chi connectivity index (χ0n) is 14.4. The summed E-state index contributed by atoms with van der Waals surface area (Å²) in [5, 5.41) is 11.4. The lowest BCUT2D eigenvalue weighted by Gasteiger charge is -2.38. The van der Waals surface area contributed by atoms with Crippen molar-refractivity contribution in [3.63, 3.8) is 0 Å². The molecule has 1 saturated heterocycles. The highest BCUT2D eigenvalue weighted by molar-refractivity contribution is 9.10. The fourth-order valence-electron chi connectivity index (χ4n) is 3.32. The van der Waals surface area contributed by atoms with Crippen LogP contribution in [0.25, 0.3) is 0 Å². The van der Waals surface area contributed by atoms with Gasteiger partial charge in [-0.3, -0.25) is 4.90 Å². The Morgan fingerprint density at radius 2 is 1.68 bits per heavy atom. The molecule has 1 N–H and O–H groups in total. The molecular formula is C20H25BrClNO2. The third kappa shape index (κ3) is 5.05. The molecule has 2 aromatic carbocycles. The van der Waals surface area contributed by atoms with Gasteiger partial charge in [0.15, 0.2) is 0 Å². The summed E-state index contributed by atoms with van der Waals surface area (Å²) in [6.45, 7) is 6.11. The maximum atomic E-state index is 11.4. The van der Waals surface area contributed by atoms with Crippen LogP contribution < -0.4 is 0 Å². The molecule has 5 heteroatoms. The van der Waals surface area contributed by atoms with Crippen LogP contribution in [0.2, 0.25) is 0 Å². The summed E-state index contributed by atoms with van der Waals surface area (Å²) in [7, 11) is 0. The van der Waals surface area contributed by atoms with E-state index in [1.54, 1.807) is 0 Å². The van der Waals surface area contributed by atoms with Crippen molar-refractivity contribution < 1.29 is 9.84 Å². The van der Waals surface area contributed by atoms with Crippen molar-refractivity contribution in [2.45, 2.75) is 18.4 Å². The van der Waals surface area contributed by atoms with Gasteiger partial charge in [0.05, 0.1) is 18.8 Å². The zero-order chi connectivity index (χ0) is 17.0. The van der Waals surface area contributed by atoms with Gasteiger partial charge in [-0.2, -0.15) is 0 Å². The number of nitrogens with zero attached hydrogens (tertiary/aromatic N) is 1. The Labute approximate surface area is 164 Å². The Kier molecular flexibility index (Phi) is 7.47. The van der Waals surface area contributed by atoms with Crippen molar-refractivity contribution in [3.8, 4) is 0 Å². The van der Waals surface area contributed by atoms with E-state index in [-0.39, 0.29) is 18.3 Å². The SMILES string of the molecule is CC(O)(c1ccc(Br)cc1)C(CN1CCOCC1)c1ccccc1.Cl. The molecule has 0 saturated carbocycles.